The first-order chi connectivity index (χ1) is 9.88. The van der Waals surface area contributed by atoms with Crippen molar-refractivity contribution in [2.75, 3.05) is 13.1 Å². The molecular formula is C12H16ClFN4O2S. The Morgan fingerprint density at radius 1 is 1.48 bits per heavy atom. The Kier molecular flexibility index (Phi) is 5.02. The van der Waals surface area contributed by atoms with Crippen molar-refractivity contribution < 1.29 is 12.8 Å². The summed E-state index contributed by atoms with van der Waals surface area (Å²) in [6.07, 6.45) is 2.15. The second-order valence-corrected chi connectivity index (χ2v) is 6.80. The lowest BCUT2D eigenvalue weighted by molar-refractivity contribution is 0.581. The number of hydrogen-bond acceptors (Lipinski definition) is 3. The highest BCUT2D eigenvalue weighted by Crippen LogP contribution is 2.21. The zero-order valence-corrected chi connectivity index (χ0v) is 12.7. The average molecular weight is 335 g/mol. The molecule has 0 amide bonds. The molecule has 0 spiro atoms. The van der Waals surface area contributed by atoms with E-state index in [0.717, 1.165) is 31.0 Å². The lowest BCUT2D eigenvalue weighted by atomic mass is 10.3. The van der Waals surface area contributed by atoms with Gasteiger partial charge in [-0.3, -0.25) is 4.99 Å². The highest BCUT2D eigenvalue weighted by atomic mass is 35.5. The largest absolute Gasteiger partial charge is 0.370 e. The highest BCUT2D eigenvalue weighted by molar-refractivity contribution is 7.89. The summed E-state index contributed by atoms with van der Waals surface area (Å²) in [4.78, 5) is 3.83. The zero-order valence-electron chi connectivity index (χ0n) is 11.1. The molecule has 4 N–H and O–H groups in total. The molecule has 0 unspecified atom stereocenters. The predicted molar refractivity (Wildman–Crippen MR) is 79.2 cm³/mol. The van der Waals surface area contributed by atoms with Crippen LogP contribution >= 0.6 is 11.6 Å². The number of rotatable bonds is 6. The summed E-state index contributed by atoms with van der Waals surface area (Å²) in [6.45, 7) is 0.271. The number of hydrogen-bond donors (Lipinski definition) is 3. The Hall–Kier alpha value is -1.38. The Bertz CT molecular complexity index is 647. The third-order valence-electron chi connectivity index (χ3n) is 2.80. The molecule has 1 aliphatic rings. The van der Waals surface area contributed by atoms with Gasteiger partial charge in [0.25, 0.3) is 0 Å². The van der Waals surface area contributed by atoms with Gasteiger partial charge in [0, 0.05) is 12.6 Å². The summed E-state index contributed by atoms with van der Waals surface area (Å²) in [6, 6.07) is 3.50. The molecule has 0 saturated heterocycles. The first kappa shape index (κ1) is 16.0. The molecular weight excluding hydrogens is 319 g/mol. The maximum absolute atomic E-state index is 12.9. The molecule has 2 rings (SSSR count). The minimum absolute atomic E-state index is 0.0725. The number of sulfonamides is 1. The van der Waals surface area contributed by atoms with E-state index in [0.29, 0.717) is 12.0 Å². The number of aliphatic imine (C=N–C) groups is 1. The van der Waals surface area contributed by atoms with E-state index in [9.17, 15) is 12.8 Å². The van der Waals surface area contributed by atoms with Crippen molar-refractivity contribution in [3.05, 3.63) is 29.0 Å². The minimum Gasteiger partial charge on any atom is -0.370 e. The van der Waals surface area contributed by atoms with E-state index in [2.05, 4.69) is 15.0 Å². The summed E-state index contributed by atoms with van der Waals surface area (Å²) < 4.78 is 39.2. The molecule has 116 valence electrons. The second-order valence-electron chi connectivity index (χ2n) is 4.66. The first-order valence-electron chi connectivity index (χ1n) is 6.39. The highest BCUT2D eigenvalue weighted by Gasteiger charge is 2.21. The van der Waals surface area contributed by atoms with E-state index in [4.69, 9.17) is 17.3 Å². The van der Waals surface area contributed by atoms with Gasteiger partial charge in [-0.15, -0.1) is 0 Å². The third-order valence-corrected chi connectivity index (χ3v) is 4.74. The molecule has 1 fully saturated rings. The number of halogens is 2. The first-order valence-corrected chi connectivity index (χ1v) is 8.26. The Labute approximate surface area is 127 Å². The van der Waals surface area contributed by atoms with Gasteiger partial charge in [-0.2, -0.15) is 0 Å². The van der Waals surface area contributed by atoms with Gasteiger partial charge in [0.15, 0.2) is 5.96 Å². The fraction of sp³-hybridized carbons (Fsp3) is 0.417. The van der Waals surface area contributed by atoms with Gasteiger partial charge in [0.1, 0.15) is 10.7 Å². The van der Waals surface area contributed by atoms with Crippen molar-refractivity contribution >= 4 is 27.6 Å². The normalized spacial score (nSPS) is 16.0. The van der Waals surface area contributed by atoms with Gasteiger partial charge in [-0.05, 0) is 31.0 Å². The van der Waals surface area contributed by atoms with Crippen LogP contribution in [0.5, 0.6) is 0 Å². The van der Waals surface area contributed by atoms with Crippen LogP contribution in [0.1, 0.15) is 12.8 Å². The lowest BCUT2D eigenvalue weighted by Gasteiger charge is -2.08. The molecule has 0 radical (unpaired) electrons. The van der Waals surface area contributed by atoms with E-state index in [-0.39, 0.29) is 23.0 Å². The zero-order chi connectivity index (χ0) is 15.5. The Morgan fingerprint density at radius 2 is 2.19 bits per heavy atom. The summed E-state index contributed by atoms with van der Waals surface area (Å²) in [7, 11) is -3.80. The quantitative estimate of drug-likeness (QED) is 0.408. The van der Waals surface area contributed by atoms with Crippen molar-refractivity contribution in [1.82, 2.24) is 10.0 Å². The van der Waals surface area contributed by atoms with Crippen LogP contribution in [-0.2, 0) is 10.0 Å². The molecule has 0 atom stereocenters. The topological polar surface area (TPSA) is 96.6 Å². The van der Waals surface area contributed by atoms with Gasteiger partial charge >= 0.3 is 0 Å². The number of nitrogens with zero attached hydrogens (tertiary/aromatic N) is 1. The fourth-order valence-electron chi connectivity index (χ4n) is 1.61. The van der Waals surface area contributed by atoms with Crippen LogP contribution in [0.15, 0.2) is 28.1 Å². The summed E-state index contributed by atoms with van der Waals surface area (Å²) in [5.41, 5.74) is 5.62. The molecule has 9 heteroatoms. The maximum atomic E-state index is 12.9. The monoisotopic (exact) mass is 334 g/mol. The van der Waals surface area contributed by atoms with E-state index in [1.807, 2.05) is 0 Å². The molecule has 1 aliphatic carbocycles. The second kappa shape index (κ2) is 6.59. The summed E-state index contributed by atoms with van der Waals surface area (Å²) >= 11 is 5.72. The lowest BCUT2D eigenvalue weighted by Crippen LogP contribution is -2.34. The number of guanidine groups is 1. The number of nitrogens with two attached hydrogens (primary N) is 1. The predicted octanol–water partition coefficient (Wildman–Crippen LogP) is 0.824. The van der Waals surface area contributed by atoms with Crippen LogP contribution in [-0.4, -0.2) is 33.5 Å². The molecule has 21 heavy (non-hydrogen) atoms. The van der Waals surface area contributed by atoms with E-state index in [1.165, 1.54) is 0 Å². The van der Waals surface area contributed by atoms with E-state index >= 15 is 0 Å². The SMILES string of the molecule is NC(=NCCNS(=O)(=O)c1ccc(F)cc1Cl)NC1CC1. The number of nitrogens with one attached hydrogen (secondary N) is 2. The fourth-order valence-corrected chi connectivity index (χ4v) is 3.16. The smallest absolute Gasteiger partial charge is 0.242 e. The molecule has 1 saturated carbocycles. The van der Waals surface area contributed by atoms with Gasteiger partial charge < -0.3 is 11.1 Å². The average Bonchev–Trinajstić information content (AvgIpc) is 3.18. The minimum atomic E-state index is -3.80. The van der Waals surface area contributed by atoms with Gasteiger partial charge in [-0.25, -0.2) is 17.5 Å². The molecule has 0 aromatic heterocycles. The van der Waals surface area contributed by atoms with Crippen molar-refractivity contribution in [3.8, 4) is 0 Å². The Balaban J connectivity index is 1.88. The van der Waals surface area contributed by atoms with Gasteiger partial charge in [-0.1, -0.05) is 11.6 Å². The van der Waals surface area contributed by atoms with Crippen molar-refractivity contribution in [3.63, 3.8) is 0 Å². The van der Waals surface area contributed by atoms with Gasteiger partial charge in [0.05, 0.1) is 11.6 Å². The van der Waals surface area contributed by atoms with Crippen LogP contribution in [0.25, 0.3) is 0 Å². The maximum Gasteiger partial charge on any atom is 0.242 e. The van der Waals surface area contributed by atoms with Crippen LogP contribution in [0.4, 0.5) is 4.39 Å². The number of benzene rings is 1. The molecule has 1 aromatic rings. The Morgan fingerprint density at radius 3 is 2.81 bits per heavy atom. The van der Waals surface area contributed by atoms with Crippen LogP contribution in [0.2, 0.25) is 5.02 Å². The summed E-state index contributed by atoms with van der Waals surface area (Å²) in [5.74, 6) is -0.293. The summed E-state index contributed by atoms with van der Waals surface area (Å²) in [5, 5.41) is 2.82. The van der Waals surface area contributed by atoms with E-state index < -0.39 is 15.8 Å². The van der Waals surface area contributed by atoms with Crippen LogP contribution in [0, 0.1) is 5.82 Å². The van der Waals surface area contributed by atoms with Crippen LogP contribution < -0.4 is 15.8 Å². The third kappa shape index (κ3) is 4.83. The molecule has 1 aromatic carbocycles. The standard InChI is InChI=1S/C12H16ClFN4O2S/c13-10-7-8(14)1-4-11(10)21(19,20)17-6-5-16-12(15)18-9-2-3-9/h1,4,7,9,17H,2-3,5-6H2,(H3,15,16,18). The van der Waals surface area contributed by atoms with Crippen molar-refractivity contribution in [2.24, 2.45) is 10.7 Å². The van der Waals surface area contributed by atoms with Crippen LogP contribution in [0.3, 0.4) is 0 Å². The molecule has 6 nitrogen and oxygen atoms in total. The molecule has 0 aliphatic heterocycles. The molecule has 0 bridgehead atoms. The van der Waals surface area contributed by atoms with Gasteiger partial charge in [0.2, 0.25) is 10.0 Å². The van der Waals surface area contributed by atoms with Crippen molar-refractivity contribution in [1.29, 1.82) is 0 Å². The van der Waals surface area contributed by atoms with Crippen molar-refractivity contribution in [2.45, 2.75) is 23.8 Å². The van der Waals surface area contributed by atoms with E-state index in [1.54, 1.807) is 0 Å². The molecule has 0 heterocycles.